The maximum atomic E-state index is 13.5. The first-order valence-corrected chi connectivity index (χ1v) is 5.52. The van der Waals surface area contributed by atoms with E-state index in [-0.39, 0.29) is 6.07 Å². The number of ether oxygens (including phenoxy) is 1. The average molecular weight is 322 g/mol. The Morgan fingerprint density at radius 1 is 1.19 bits per heavy atom. The van der Waals surface area contributed by atoms with E-state index in [1.54, 1.807) is 0 Å². The van der Waals surface area contributed by atoms with E-state index in [1.807, 2.05) is 0 Å². The zero-order valence-corrected chi connectivity index (χ0v) is 10.6. The van der Waals surface area contributed by atoms with Crippen LogP contribution >= 0.6 is 11.6 Å². The number of carbonyl (C=O) groups is 1. The van der Waals surface area contributed by atoms with E-state index in [9.17, 15) is 22.4 Å². The van der Waals surface area contributed by atoms with Gasteiger partial charge in [-0.25, -0.2) is 13.8 Å². The summed E-state index contributed by atoms with van der Waals surface area (Å²) in [5.74, 6) is -10.3. The second-order valence-electron chi connectivity index (χ2n) is 3.62. The zero-order valence-electron chi connectivity index (χ0n) is 9.83. The molecule has 0 atom stereocenters. The fraction of sp³-hybridized carbons (Fsp3) is 0. The summed E-state index contributed by atoms with van der Waals surface area (Å²) in [6.45, 7) is 0. The number of primary amides is 1. The average Bonchev–Trinajstić information content (AvgIpc) is 2.41. The molecule has 1 aromatic heterocycles. The van der Waals surface area contributed by atoms with E-state index in [1.165, 1.54) is 0 Å². The van der Waals surface area contributed by atoms with Crippen LogP contribution in [0.25, 0.3) is 0 Å². The smallest absolute Gasteiger partial charge is 0.255 e. The molecule has 0 bridgehead atoms. The molecule has 0 unspecified atom stereocenters. The molecule has 0 aliphatic heterocycles. The second kappa shape index (κ2) is 5.52. The van der Waals surface area contributed by atoms with Crippen molar-refractivity contribution in [3.05, 3.63) is 46.4 Å². The van der Waals surface area contributed by atoms with Crippen LogP contribution in [0.15, 0.2) is 12.3 Å². The van der Waals surface area contributed by atoms with Crippen molar-refractivity contribution in [2.75, 3.05) is 0 Å². The van der Waals surface area contributed by atoms with Gasteiger partial charge in [-0.3, -0.25) is 4.79 Å². The van der Waals surface area contributed by atoms with Gasteiger partial charge in [-0.15, -0.1) is 0 Å². The van der Waals surface area contributed by atoms with Gasteiger partial charge in [0.15, 0.2) is 11.6 Å². The van der Waals surface area contributed by atoms with Crippen molar-refractivity contribution < 1.29 is 27.1 Å². The molecule has 0 spiro atoms. The largest absolute Gasteiger partial charge is 0.432 e. The van der Waals surface area contributed by atoms with Crippen LogP contribution in [0.2, 0.25) is 5.28 Å². The third-order valence-electron chi connectivity index (χ3n) is 2.26. The number of halogens is 5. The van der Waals surface area contributed by atoms with E-state index in [2.05, 4.69) is 14.7 Å². The molecule has 1 aromatic carbocycles. The Hall–Kier alpha value is -2.42. The minimum Gasteiger partial charge on any atom is -0.432 e. The summed E-state index contributed by atoms with van der Waals surface area (Å²) in [5.41, 5.74) is 4.49. The number of nitrogens with two attached hydrogens (primary N) is 1. The predicted molar refractivity (Wildman–Crippen MR) is 61.9 cm³/mol. The molecule has 0 radical (unpaired) electrons. The number of rotatable bonds is 3. The van der Waals surface area contributed by atoms with Crippen molar-refractivity contribution in [3.8, 4) is 11.6 Å². The summed E-state index contributed by atoms with van der Waals surface area (Å²) in [6, 6.07) is -0.000517. The number of aromatic nitrogens is 2. The molecular weight excluding hydrogens is 318 g/mol. The van der Waals surface area contributed by atoms with Gasteiger partial charge >= 0.3 is 0 Å². The van der Waals surface area contributed by atoms with E-state index >= 15 is 0 Å². The lowest BCUT2D eigenvalue weighted by Crippen LogP contribution is -2.14. The minimum atomic E-state index is -1.81. The van der Waals surface area contributed by atoms with Crippen molar-refractivity contribution in [1.82, 2.24) is 9.97 Å². The van der Waals surface area contributed by atoms with Gasteiger partial charge < -0.3 is 10.5 Å². The molecule has 0 fully saturated rings. The predicted octanol–water partition coefficient (Wildman–Crippen LogP) is 2.58. The van der Waals surface area contributed by atoms with Gasteiger partial charge in [0.1, 0.15) is 5.56 Å². The first-order chi connectivity index (χ1) is 9.81. The standard InChI is InChI=1S/C11H4ClF4N3O2/c12-11-18-2-3(9(17)20)10(19-11)21-8-6(15)4(13)1-5(14)7(8)16/h1-2H,(H2,17,20). The van der Waals surface area contributed by atoms with Crippen LogP contribution in [0.1, 0.15) is 10.4 Å². The van der Waals surface area contributed by atoms with E-state index in [4.69, 9.17) is 17.3 Å². The third-order valence-corrected chi connectivity index (χ3v) is 2.44. The first-order valence-electron chi connectivity index (χ1n) is 5.14. The monoisotopic (exact) mass is 321 g/mol. The lowest BCUT2D eigenvalue weighted by molar-refractivity contribution is 0.0996. The Kier molecular flexibility index (Phi) is 3.94. The van der Waals surface area contributed by atoms with Crippen molar-refractivity contribution in [2.24, 2.45) is 5.73 Å². The quantitative estimate of drug-likeness (QED) is 0.535. The SMILES string of the molecule is NC(=O)c1cnc(Cl)nc1Oc1c(F)c(F)cc(F)c1F. The molecule has 2 rings (SSSR count). The van der Waals surface area contributed by atoms with E-state index < -0.39 is 51.7 Å². The maximum absolute atomic E-state index is 13.5. The van der Waals surface area contributed by atoms with Crippen molar-refractivity contribution >= 4 is 17.5 Å². The fourth-order valence-electron chi connectivity index (χ4n) is 1.33. The fourth-order valence-corrected chi connectivity index (χ4v) is 1.46. The van der Waals surface area contributed by atoms with Crippen LogP contribution in [0.5, 0.6) is 11.6 Å². The number of amides is 1. The topological polar surface area (TPSA) is 78.1 Å². The third kappa shape index (κ3) is 2.87. The summed E-state index contributed by atoms with van der Waals surface area (Å²) in [4.78, 5) is 17.9. The number of nitrogens with zero attached hydrogens (tertiary/aromatic N) is 2. The van der Waals surface area contributed by atoms with Gasteiger partial charge in [-0.05, 0) is 11.6 Å². The highest BCUT2D eigenvalue weighted by molar-refractivity contribution is 6.28. The Labute approximate surface area is 119 Å². The van der Waals surface area contributed by atoms with Gasteiger partial charge in [0.2, 0.25) is 28.5 Å². The van der Waals surface area contributed by atoms with Gasteiger partial charge in [-0.1, -0.05) is 0 Å². The normalized spacial score (nSPS) is 10.5. The summed E-state index contributed by atoms with van der Waals surface area (Å²) in [6.07, 6.45) is 0.832. The summed E-state index contributed by atoms with van der Waals surface area (Å²) >= 11 is 5.44. The molecule has 0 saturated carbocycles. The lowest BCUT2D eigenvalue weighted by atomic mass is 10.3. The lowest BCUT2D eigenvalue weighted by Gasteiger charge is -2.10. The number of hydrogen-bond donors (Lipinski definition) is 1. The highest BCUT2D eigenvalue weighted by atomic mass is 35.5. The van der Waals surface area contributed by atoms with Crippen LogP contribution in [0.4, 0.5) is 17.6 Å². The summed E-state index contributed by atoms with van der Waals surface area (Å²) < 4.78 is 57.6. The zero-order chi connectivity index (χ0) is 15.7. The van der Waals surface area contributed by atoms with Crippen LogP contribution in [0.3, 0.4) is 0 Å². The Bertz CT molecular complexity index is 716. The molecule has 110 valence electrons. The Balaban J connectivity index is 2.58. The highest BCUT2D eigenvalue weighted by Gasteiger charge is 2.24. The molecule has 2 aromatic rings. The van der Waals surface area contributed by atoms with Crippen LogP contribution in [0, 0.1) is 23.3 Å². The Morgan fingerprint density at radius 2 is 1.76 bits per heavy atom. The minimum absolute atomic E-state index is 0.000517. The van der Waals surface area contributed by atoms with Gasteiger partial charge in [0.25, 0.3) is 5.91 Å². The van der Waals surface area contributed by atoms with Crippen LogP contribution in [-0.2, 0) is 0 Å². The van der Waals surface area contributed by atoms with Crippen molar-refractivity contribution in [3.63, 3.8) is 0 Å². The molecule has 0 saturated heterocycles. The van der Waals surface area contributed by atoms with Crippen molar-refractivity contribution in [2.45, 2.75) is 0 Å². The molecular formula is C11H4ClF4N3O2. The second-order valence-corrected chi connectivity index (χ2v) is 3.96. The van der Waals surface area contributed by atoms with E-state index in [0.717, 1.165) is 6.20 Å². The molecule has 1 amide bonds. The number of benzene rings is 1. The molecule has 1 heterocycles. The summed E-state index contributed by atoms with van der Waals surface area (Å²) in [5, 5.41) is -0.437. The highest BCUT2D eigenvalue weighted by Crippen LogP contribution is 2.31. The van der Waals surface area contributed by atoms with Gasteiger partial charge in [-0.2, -0.15) is 13.8 Å². The molecule has 2 N–H and O–H groups in total. The number of hydrogen-bond acceptors (Lipinski definition) is 4. The van der Waals surface area contributed by atoms with E-state index in [0.29, 0.717) is 0 Å². The molecule has 21 heavy (non-hydrogen) atoms. The van der Waals surface area contributed by atoms with Gasteiger partial charge in [0.05, 0.1) is 0 Å². The maximum Gasteiger partial charge on any atom is 0.255 e. The molecule has 0 aliphatic rings. The van der Waals surface area contributed by atoms with Crippen LogP contribution < -0.4 is 10.5 Å². The molecule has 0 aliphatic carbocycles. The Morgan fingerprint density at radius 3 is 2.29 bits per heavy atom. The van der Waals surface area contributed by atoms with Crippen molar-refractivity contribution in [1.29, 1.82) is 0 Å². The molecule has 5 nitrogen and oxygen atoms in total. The molecule has 10 heteroatoms. The first kappa shape index (κ1) is 15.0. The number of carbonyl (C=O) groups excluding carboxylic acids is 1. The van der Waals surface area contributed by atoms with Crippen LogP contribution in [-0.4, -0.2) is 15.9 Å². The van der Waals surface area contributed by atoms with Gasteiger partial charge in [0, 0.05) is 12.3 Å². The summed E-state index contributed by atoms with van der Waals surface area (Å²) in [7, 11) is 0.